The fourth-order valence-electron chi connectivity index (χ4n) is 2.21. The topological polar surface area (TPSA) is 21.3 Å². The summed E-state index contributed by atoms with van der Waals surface area (Å²) in [4.78, 5) is 0. The van der Waals surface area contributed by atoms with E-state index in [1.54, 1.807) is 0 Å². The highest BCUT2D eigenvalue weighted by Crippen LogP contribution is 2.40. The van der Waals surface area contributed by atoms with Crippen LogP contribution in [0, 0.1) is 0 Å². The van der Waals surface area contributed by atoms with Gasteiger partial charge in [-0.05, 0) is 23.3 Å². The van der Waals surface area contributed by atoms with Crippen molar-refractivity contribution < 1.29 is 4.74 Å². The van der Waals surface area contributed by atoms with Crippen molar-refractivity contribution in [2.75, 3.05) is 0 Å². The number of rotatable bonds is 6. The first-order valence-corrected chi connectivity index (χ1v) is 8.59. The van der Waals surface area contributed by atoms with E-state index >= 15 is 0 Å². The second-order valence-corrected chi connectivity index (χ2v) is 8.01. The quantitative estimate of drug-likeness (QED) is 0.659. The normalized spacial score (nSPS) is 13.1. The predicted molar refractivity (Wildman–Crippen MR) is 98.5 cm³/mol. The van der Waals surface area contributed by atoms with E-state index in [1.165, 1.54) is 0 Å². The molecule has 0 aliphatic rings. The molecule has 0 spiro atoms. The average Bonchev–Trinajstić information content (AvgIpc) is 2.51. The Bertz CT molecular complexity index is 594. The van der Waals surface area contributed by atoms with Crippen molar-refractivity contribution in [1.82, 2.24) is 5.32 Å². The minimum absolute atomic E-state index is 0.199. The Balaban J connectivity index is 2.05. The lowest BCUT2D eigenvalue weighted by molar-refractivity contribution is 0.306. The van der Waals surface area contributed by atoms with Crippen molar-refractivity contribution in [3.63, 3.8) is 0 Å². The molecule has 0 radical (unpaired) electrons. The first-order valence-electron chi connectivity index (χ1n) is 7.45. The molecule has 0 saturated carbocycles. The summed E-state index contributed by atoms with van der Waals surface area (Å²) < 4.78 is 4.35. The van der Waals surface area contributed by atoms with Gasteiger partial charge < -0.3 is 10.1 Å². The molecule has 0 heterocycles. The molecule has 2 rings (SSSR count). The molecule has 0 saturated heterocycles. The van der Waals surface area contributed by atoms with Crippen LogP contribution < -0.4 is 10.1 Å². The molecule has 0 aliphatic heterocycles. The molecule has 1 N–H and O–H groups in total. The van der Waals surface area contributed by atoms with Gasteiger partial charge in [0.05, 0.1) is 6.04 Å². The van der Waals surface area contributed by atoms with Gasteiger partial charge in [-0.3, -0.25) is 0 Å². The van der Waals surface area contributed by atoms with E-state index in [9.17, 15) is 0 Å². The third-order valence-electron chi connectivity index (χ3n) is 3.29. The van der Waals surface area contributed by atoms with Gasteiger partial charge >= 0.3 is 0 Å². The van der Waals surface area contributed by atoms with E-state index in [-0.39, 0.29) is 12.1 Å². The molecular formula is C18H20Cl3NO. The number of alkyl halides is 3. The Kier molecular flexibility index (Phi) is 6.60. The molecule has 0 bridgehead atoms. The van der Waals surface area contributed by atoms with Gasteiger partial charge in [-0.15, -0.1) is 0 Å². The fraction of sp³-hybridized carbons (Fsp3) is 0.333. The molecular weight excluding hydrogens is 353 g/mol. The molecule has 2 aromatic rings. The summed E-state index contributed by atoms with van der Waals surface area (Å²) in [6.45, 7) is 4.56. The number of ether oxygens (including phenoxy) is 1. The van der Waals surface area contributed by atoms with Crippen LogP contribution in [0.2, 0.25) is 0 Å². The van der Waals surface area contributed by atoms with Crippen LogP contribution in [-0.2, 0) is 6.61 Å². The standard InChI is InChI=1S/C18H20Cl3NO/c1-13(2)22-17(18(19,20)21)15-8-10-16(11-9-15)23-12-14-6-4-3-5-7-14/h3-11,13,17,22H,12H2,1-2H3. The van der Waals surface area contributed by atoms with Crippen LogP contribution in [0.3, 0.4) is 0 Å². The van der Waals surface area contributed by atoms with Gasteiger partial charge in [-0.25, -0.2) is 0 Å². The number of benzene rings is 2. The lowest BCUT2D eigenvalue weighted by atomic mass is 10.1. The van der Waals surface area contributed by atoms with E-state index in [0.717, 1.165) is 16.9 Å². The van der Waals surface area contributed by atoms with Crippen molar-refractivity contribution in [3.8, 4) is 5.75 Å². The molecule has 5 heteroatoms. The van der Waals surface area contributed by atoms with Crippen LogP contribution in [0.1, 0.15) is 31.0 Å². The highest BCUT2D eigenvalue weighted by molar-refractivity contribution is 6.68. The number of halogens is 3. The maximum absolute atomic E-state index is 6.10. The zero-order chi connectivity index (χ0) is 16.9. The average molecular weight is 373 g/mol. The highest BCUT2D eigenvalue weighted by Gasteiger charge is 2.34. The van der Waals surface area contributed by atoms with Crippen LogP contribution in [0.4, 0.5) is 0 Å². The third-order valence-corrected chi connectivity index (χ3v) is 3.94. The van der Waals surface area contributed by atoms with Crippen molar-refractivity contribution in [3.05, 3.63) is 65.7 Å². The van der Waals surface area contributed by atoms with Gasteiger partial charge in [0.15, 0.2) is 0 Å². The molecule has 0 aliphatic carbocycles. The van der Waals surface area contributed by atoms with Crippen LogP contribution in [0.25, 0.3) is 0 Å². The minimum atomic E-state index is -1.42. The number of nitrogens with one attached hydrogen (secondary N) is 1. The van der Waals surface area contributed by atoms with Gasteiger partial charge in [0.25, 0.3) is 0 Å². The van der Waals surface area contributed by atoms with Gasteiger partial charge in [0, 0.05) is 6.04 Å². The Morgan fingerprint density at radius 3 is 2.09 bits per heavy atom. The molecule has 0 aromatic heterocycles. The molecule has 2 nitrogen and oxygen atoms in total. The van der Waals surface area contributed by atoms with Crippen LogP contribution in [0.15, 0.2) is 54.6 Å². The largest absolute Gasteiger partial charge is 0.489 e. The van der Waals surface area contributed by atoms with Gasteiger partial charge in [-0.1, -0.05) is 91.1 Å². The van der Waals surface area contributed by atoms with E-state index in [2.05, 4.69) is 5.32 Å². The third kappa shape index (κ3) is 5.89. The second-order valence-electron chi connectivity index (χ2n) is 5.64. The summed E-state index contributed by atoms with van der Waals surface area (Å²) in [6.07, 6.45) is 0. The van der Waals surface area contributed by atoms with E-state index in [4.69, 9.17) is 39.5 Å². The summed E-state index contributed by atoms with van der Waals surface area (Å²) in [6, 6.07) is 17.5. The lowest BCUT2D eigenvalue weighted by Crippen LogP contribution is -2.36. The fourth-order valence-corrected chi connectivity index (χ4v) is 2.78. The zero-order valence-corrected chi connectivity index (χ0v) is 15.4. The van der Waals surface area contributed by atoms with Crippen LogP contribution in [-0.4, -0.2) is 9.83 Å². The van der Waals surface area contributed by atoms with Crippen molar-refractivity contribution in [2.45, 2.75) is 36.3 Å². The maximum atomic E-state index is 6.10. The summed E-state index contributed by atoms with van der Waals surface area (Å²) >= 11 is 18.3. The van der Waals surface area contributed by atoms with E-state index in [0.29, 0.717) is 6.61 Å². The Hall–Kier alpha value is -0.930. The summed E-state index contributed by atoms with van der Waals surface area (Å²) in [5.74, 6) is 0.783. The van der Waals surface area contributed by atoms with Crippen LogP contribution >= 0.6 is 34.8 Å². The minimum Gasteiger partial charge on any atom is -0.489 e. The van der Waals surface area contributed by atoms with Gasteiger partial charge in [0.2, 0.25) is 3.79 Å². The first-order chi connectivity index (χ1) is 10.9. The van der Waals surface area contributed by atoms with Crippen molar-refractivity contribution >= 4 is 34.8 Å². The molecule has 1 unspecified atom stereocenters. The molecule has 124 valence electrons. The Morgan fingerprint density at radius 1 is 0.957 bits per heavy atom. The Morgan fingerprint density at radius 2 is 1.57 bits per heavy atom. The summed E-state index contributed by atoms with van der Waals surface area (Å²) in [5.41, 5.74) is 2.03. The smallest absolute Gasteiger partial charge is 0.209 e. The molecule has 2 aromatic carbocycles. The number of hydrogen-bond donors (Lipinski definition) is 1. The molecule has 1 atom stereocenters. The summed E-state index contributed by atoms with van der Waals surface area (Å²) in [5, 5.41) is 3.28. The maximum Gasteiger partial charge on any atom is 0.209 e. The van der Waals surface area contributed by atoms with Crippen LogP contribution in [0.5, 0.6) is 5.75 Å². The SMILES string of the molecule is CC(C)NC(c1ccc(OCc2ccccc2)cc1)C(Cl)(Cl)Cl. The molecule has 0 fully saturated rings. The van der Waals surface area contributed by atoms with Crippen molar-refractivity contribution in [1.29, 1.82) is 0 Å². The van der Waals surface area contributed by atoms with Gasteiger partial charge in [-0.2, -0.15) is 0 Å². The second kappa shape index (κ2) is 8.25. The van der Waals surface area contributed by atoms with E-state index < -0.39 is 3.79 Å². The zero-order valence-electron chi connectivity index (χ0n) is 13.1. The van der Waals surface area contributed by atoms with Gasteiger partial charge in [0.1, 0.15) is 12.4 Å². The monoisotopic (exact) mass is 371 g/mol. The number of hydrogen-bond acceptors (Lipinski definition) is 2. The highest BCUT2D eigenvalue weighted by atomic mass is 35.6. The predicted octanol–water partition coefficient (Wildman–Crippen LogP) is 5.67. The molecule has 23 heavy (non-hydrogen) atoms. The first kappa shape index (κ1) is 18.4. The lowest BCUT2D eigenvalue weighted by Gasteiger charge is -2.28. The summed E-state index contributed by atoms with van der Waals surface area (Å²) in [7, 11) is 0. The Labute approximate surface area is 152 Å². The van der Waals surface area contributed by atoms with Crippen molar-refractivity contribution in [2.24, 2.45) is 0 Å². The molecule has 0 amide bonds. The van der Waals surface area contributed by atoms with E-state index in [1.807, 2.05) is 68.4 Å².